The van der Waals surface area contributed by atoms with Gasteiger partial charge in [0.1, 0.15) is 12.4 Å². The Morgan fingerprint density at radius 2 is 1.95 bits per heavy atom. The molecule has 0 aromatic heterocycles. The quantitative estimate of drug-likeness (QED) is 0.861. The molecule has 0 saturated heterocycles. The van der Waals surface area contributed by atoms with Crippen molar-refractivity contribution in [3.8, 4) is 5.75 Å². The summed E-state index contributed by atoms with van der Waals surface area (Å²) in [5.41, 5.74) is 0.931. The lowest BCUT2D eigenvalue weighted by Crippen LogP contribution is -2.15. The molecule has 2 aromatic carbocycles. The third-order valence-electron chi connectivity index (χ3n) is 2.91. The topological polar surface area (TPSA) is 21.3 Å². The predicted octanol–water partition coefficient (Wildman–Crippen LogP) is 3.59. The second-order valence-electron chi connectivity index (χ2n) is 4.25. The minimum absolute atomic E-state index is 0.528. The summed E-state index contributed by atoms with van der Waals surface area (Å²) >= 11 is 0. The monoisotopic (exact) mass is 265 g/mol. The summed E-state index contributed by atoms with van der Waals surface area (Å²) in [6, 6.07) is 11.5. The van der Waals surface area contributed by atoms with E-state index >= 15 is 0 Å². The first-order chi connectivity index (χ1) is 9.22. The molecule has 0 bridgehead atoms. The van der Waals surface area contributed by atoms with Gasteiger partial charge in [-0.3, -0.25) is 0 Å². The van der Waals surface area contributed by atoms with Crippen LogP contribution in [-0.2, 0) is 6.54 Å². The molecule has 0 unspecified atom stereocenters. The number of halogens is 2. The van der Waals surface area contributed by atoms with Crippen molar-refractivity contribution in [1.29, 1.82) is 0 Å². The van der Waals surface area contributed by atoms with Gasteiger partial charge in [0.2, 0.25) is 0 Å². The molecule has 0 spiro atoms. The highest BCUT2D eigenvalue weighted by atomic mass is 19.3. The Kier molecular flexibility index (Phi) is 4.68. The number of hydrogen-bond donors (Lipinski definition) is 1. The Morgan fingerprint density at radius 3 is 2.68 bits per heavy atom. The van der Waals surface area contributed by atoms with E-state index in [2.05, 4.69) is 5.32 Å². The molecule has 4 heteroatoms. The third-order valence-corrected chi connectivity index (χ3v) is 2.91. The standard InChI is InChI=1S/C15H17F2NO/c1-2-18-9-13-12-6-4-3-5-11(12)7-8-14(13)19-10-15(16)17/h3-8,15,18H,2,9-10H2,1H3. The maximum Gasteiger partial charge on any atom is 0.272 e. The lowest BCUT2D eigenvalue weighted by atomic mass is 10.0. The number of nitrogens with one attached hydrogen (secondary N) is 1. The van der Waals surface area contributed by atoms with Gasteiger partial charge < -0.3 is 10.1 Å². The summed E-state index contributed by atoms with van der Waals surface area (Å²) in [6.45, 7) is 2.86. The van der Waals surface area contributed by atoms with E-state index < -0.39 is 13.0 Å². The van der Waals surface area contributed by atoms with Crippen molar-refractivity contribution in [2.45, 2.75) is 19.9 Å². The average Bonchev–Trinajstić information content (AvgIpc) is 2.43. The maximum absolute atomic E-state index is 12.3. The van der Waals surface area contributed by atoms with Crippen LogP contribution in [0, 0.1) is 0 Å². The van der Waals surface area contributed by atoms with E-state index in [-0.39, 0.29) is 0 Å². The van der Waals surface area contributed by atoms with E-state index in [9.17, 15) is 8.78 Å². The van der Waals surface area contributed by atoms with Crippen molar-refractivity contribution in [2.75, 3.05) is 13.2 Å². The highest BCUT2D eigenvalue weighted by molar-refractivity contribution is 5.87. The number of benzene rings is 2. The predicted molar refractivity (Wildman–Crippen MR) is 72.8 cm³/mol. The molecule has 2 aromatic rings. The molecular formula is C15H17F2NO. The zero-order valence-corrected chi connectivity index (χ0v) is 10.8. The molecule has 102 valence electrons. The van der Waals surface area contributed by atoms with Gasteiger partial charge in [-0.1, -0.05) is 37.3 Å². The molecule has 0 aliphatic carbocycles. The molecule has 0 aliphatic rings. The minimum Gasteiger partial charge on any atom is -0.487 e. The highest BCUT2D eigenvalue weighted by Gasteiger charge is 2.10. The van der Waals surface area contributed by atoms with Gasteiger partial charge in [0.05, 0.1) is 0 Å². The molecule has 2 rings (SSSR count). The van der Waals surface area contributed by atoms with Crippen LogP contribution in [0.2, 0.25) is 0 Å². The molecule has 19 heavy (non-hydrogen) atoms. The van der Waals surface area contributed by atoms with Gasteiger partial charge in [-0.25, -0.2) is 8.78 Å². The van der Waals surface area contributed by atoms with E-state index in [4.69, 9.17) is 4.74 Å². The molecule has 0 fully saturated rings. The number of alkyl halides is 2. The van der Waals surface area contributed by atoms with Gasteiger partial charge >= 0.3 is 0 Å². The first-order valence-electron chi connectivity index (χ1n) is 6.34. The van der Waals surface area contributed by atoms with Crippen LogP contribution in [0.15, 0.2) is 36.4 Å². The Bertz CT molecular complexity index is 543. The van der Waals surface area contributed by atoms with Gasteiger partial charge in [-0.05, 0) is 23.4 Å². The van der Waals surface area contributed by atoms with Gasteiger partial charge in [-0.15, -0.1) is 0 Å². The summed E-state index contributed by atoms with van der Waals surface area (Å²) in [4.78, 5) is 0. The molecule has 0 heterocycles. The average molecular weight is 265 g/mol. The minimum atomic E-state index is -2.46. The van der Waals surface area contributed by atoms with Gasteiger partial charge in [0.15, 0.2) is 0 Å². The van der Waals surface area contributed by atoms with Crippen molar-refractivity contribution in [2.24, 2.45) is 0 Å². The maximum atomic E-state index is 12.3. The number of fused-ring (bicyclic) bond motifs is 1. The van der Waals surface area contributed by atoms with E-state index in [1.165, 1.54) is 0 Å². The van der Waals surface area contributed by atoms with E-state index in [0.29, 0.717) is 12.3 Å². The van der Waals surface area contributed by atoms with Crippen LogP contribution in [0.5, 0.6) is 5.75 Å². The van der Waals surface area contributed by atoms with Crippen molar-refractivity contribution >= 4 is 10.8 Å². The molecule has 0 saturated carbocycles. The lowest BCUT2D eigenvalue weighted by molar-refractivity contribution is 0.0814. The number of rotatable bonds is 6. The fourth-order valence-electron chi connectivity index (χ4n) is 2.04. The van der Waals surface area contributed by atoms with Crippen LogP contribution in [0.4, 0.5) is 8.78 Å². The summed E-state index contributed by atoms with van der Waals surface area (Å²) in [7, 11) is 0. The summed E-state index contributed by atoms with van der Waals surface area (Å²) in [5.74, 6) is 0.528. The lowest BCUT2D eigenvalue weighted by Gasteiger charge is -2.14. The molecule has 0 radical (unpaired) electrons. The Morgan fingerprint density at radius 1 is 1.16 bits per heavy atom. The molecule has 2 nitrogen and oxygen atoms in total. The number of ether oxygens (including phenoxy) is 1. The zero-order valence-electron chi connectivity index (χ0n) is 10.8. The van der Waals surface area contributed by atoms with Crippen LogP contribution >= 0.6 is 0 Å². The molecule has 0 amide bonds. The Labute approximate surface area is 111 Å². The zero-order chi connectivity index (χ0) is 13.7. The highest BCUT2D eigenvalue weighted by Crippen LogP contribution is 2.28. The van der Waals surface area contributed by atoms with E-state index in [0.717, 1.165) is 22.9 Å². The first-order valence-corrected chi connectivity index (χ1v) is 6.34. The summed E-state index contributed by atoms with van der Waals surface area (Å²) in [6.07, 6.45) is -2.46. The second kappa shape index (κ2) is 6.48. The van der Waals surface area contributed by atoms with Gasteiger partial charge in [0, 0.05) is 12.1 Å². The number of hydrogen-bond acceptors (Lipinski definition) is 2. The van der Waals surface area contributed by atoms with Crippen LogP contribution < -0.4 is 10.1 Å². The smallest absolute Gasteiger partial charge is 0.272 e. The second-order valence-corrected chi connectivity index (χ2v) is 4.25. The van der Waals surface area contributed by atoms with Crippen LogP contribution in [0.25, 0.3) is 10.8 Å². The van der Waals surface area contributed by atoms with Gasteiger partial charge in [0.25, 0.3) is 6.43 Å². The third kappa shape index (κ3) is 3.41. The largest absolute Gasteiger partial charge is 0.487 e. The van der Waals surface area contributed by atoms with Crippen molar-refractivity contribution < 1.29 is 13.5 Å². The Balaban J connectivity index is 2.37. The molecule has 0 atom stereocenters. The van der Waals surface area contributed by atoms with E-state index in [1.807, 2.05) is 37.3 Å². The van der Waals surface area contributed by atoms with E-state index in [1.54, 1.807) is 6.07 Å². The van der Waals surface area contributed by atoms with Crippen molar-refractivity contribution in [3.05, 3.63) is 42.0 Å². The first kappa shape index (κ1) is 13.7. The van der Waals surface area contributed by atoms with Crippen molar-refractivity contribution in [1.82, 2.24) is 5.32 Å². The van der Waals surface area contributed by atoms with Gasteiger partial charge in [-0.2, -0.15) is 0 Å². The normalized spacial score (nSPS) is 11.2. The molecular weight excluding hydrogens is 248 g/mol. The van der Waals surface area contributed by atoms with Crippen molar-refractivity contribution in [3.63, 3.8) is 0 Å². The van der Waals surface area contributed by atoms with Crippen LogP contribution in [0.1, 0.15) is 12.5 Å². The Hall–Kier alpha value is -1.68. The fourth-order valence-corrected chi connectivity index (χ4v) is 2.04. The summed E-state index contributed by atoms with van der Waals surface area (Å²) < 4.78 is 29.8. The van der Waals surface area contributed by atoms with Crippen LogP contribution in [0.3, 0.4) is 0 Å². The molecule has 1 N–H and O–H groups in total. The SMILES string of the molecule is CCNCc1c(OCC(F)F)ccc2ccccc12. The fraction of sp³-hybridized carbons (Fsp3) is 0.333. The van der Waals surface area contributed by atoms with Crippen LogP contribution in [-0.4, -0.2) is 19.6 Å². The molecule has 0 aliphatic heterocycles. The summed E-state index contributed by atoms with van der Waals surface area (Å²) in [5, 5.41) is 5.34.